The molecule has 0 spiro atoms. The second-order valence-corrected chi connectivity index (χ2v) is 7.29. The molecule has 1 aliphatic rings. The van der Waals surface area contributed by atoms with E-state index in [0.29, 0.717) is 16.5 Å². The third-order valence-electron chi connectivity index (χ3n) is 4.84. The van der Waals surface area contributed by atoms with Crippen molar-refractivity contribution < 1.29 is 9.90 Å². The van der Waals surface area contributed by atoms with Gasteiger partial charge in [0.05, 0.1) is 6.21 Å². The van der Waals surface area contributed by atoms with Crippen molar-refractivity contribution in [3.63, 3.8) is 0 Å². The van der Waals surface area contributed by atoms with Crippen LogP contribution in [0.25, 0.3) is 0 Å². The summed E-state index contributed by atoms with van der Waals surface area (Å²) in [5.74, 6) is 0.205. The summed E-state index contributed by atoms with van der Waals surface area (Å²) >= 11 is 5.84. The summed E-state index contributed by atoms with van der Waals surface area (Å²) in [6, 6.07) is 14.8. The van der Waals surface area contributed by atoms with Crippen LogP contribution in [0.5, 0.6) is 0 Å². The highest BCUT2D eigenvalue weighted by atomic mass is 35.5. The number of carbonyl (C=O) groups is 1. The fourth-order valence-electron chi connectivity index (χ4n) is 3.13. The number of benzene rings is 2. The summed E-state index contributed by atoms with van der Waals surface area (Å²) in [5.41, 5.74) is 5.15. The molecule has 1 amide bonds. The molecule has 5 nitrogen and oxygen atoms in total. The predicted octanol–water partition coefficient (Wildman–Crippen LogP) is 3.31. The summed E-state index contributed by atoms with van der Waals surface area (Å²) in [7, 11) is 0. The smallest absolute Gasteiger partial charge is 0.271 e. The standard InChI is InChI=1S/C21H24ClN3O2/c22-20-7-3-16(4-8-20)13-23-24-21(27)19-5-1-17(2-6-19)14-25-11-9-18(15-26)10-12-25/h1-8,13,18,26H,9-12,14-15H2,(H,24,27)/b23-13+. The molecule has 6 heteroatoms. The van der Waals surface area contributed by atoms with Gasteiger partial charge in [-0.05, 0) is 67.2 Å². The average Bonchev–Trinajstić information content (AvgIpc) is 2.70. The number of likely N-dealkylation sites (tertiary alicyclic amines) is 1. The molecule has 1 heterocycles. The van der Waals surface area contributed by atoms with E-state index in [9.17, 15) is 9.90 Å². The van der Waals surface area contributed by atoms with Crippen molar-refractivity contribution in [2.24, 2.45) is 11.0 Å². The van der Waals surface area contributed by atoms with Crippen LogP contribution in [0, 0.1) is 5.92 Å². The number of carbonyl (C=O) groups excluding carboxylic acids is 1. The van der Waals surface area contributed by atoms with E-state index < -0.39 is 0 Å². The molecule has 0 bridgehead atoms. The van der Waals surface area contributed by atoms with Gasteiger partial charge in [-0.2, -0.15) is 5.10 Å². The maximum atomic E-state index is 12.2. The summed E-state index contributed by atoms with van der Waals surface area (Å²) < 4.78 is 0. The van der Waals surface area contributed by atoms with Crippen molar-refractivity contribution in [1.29, 1.82) is 0 Å². The molecule has 27 heavy (non-hydrogen) atoms. The SMILES string of the molecule is O=C(N/N=C/c1ccc(Cl)cc1)c1ccc(CN2CCC(CO)CC2)cc1. The van der Waals surface area contributed by atoms with Gasteiger partial charge in [0, 0.05) is 23.7 Å². The van der Waals surface area contributed by atoms with E-state index in [1.165, 1.54) is 5.56 Å². The van der Waals surface area contributed by atoms with Gasteiger partial charge in [-0.3, -0.25) is 9.69 Å². The molecule has 3 rings (SSSR count). The number of amides is 1. The monoisotopic (exact) mass is 385 g/mol. The van der Waals surface area contributed by atoms with E-state index in [4.69, 9.17) is 11.6 Å². The van der Waals surface area contributed by atoms with Gasteiger partial charge >= 0.3 is 0 Å². The number of nitrogens with one attached hydrogen (secondary N) is 1. The van der Waals surface area contributed by atoms with Crippen LogP contribution in [0.15, 0.2) is 53.6 Å². The number of aliphatic hydroxyl groups excluding tert-OH is 1. The third-order valence-corrected chi connectivity index (χ3v) is 5.09. The summed E-state index contributed by atoms with van der Waals surface area (Å²) in [6.45, 7) is 3.17. The lowest BCUT2D eigenvalue weighted by Crippen LogP contribution is -2.34. The minimum Gasteiger partial charge on any atom is -0.396 e. The molecule has 1 fully saturated rings. The molecule has 142 valence electrons. The van der Waals surface area contributed by atoms with Crippen LogP contribution in [0.1, 0.15) is 34.3 Å². The van der Waals surface area contributed by atoms with E-state index >= 15 is 0 Å². The van der Waals surface area contributed by atoms with E-state index in [2.05, 4.69) is 15.4 Å². The number of hydrogen-bond donors (Lipinski definition) is 2. The summed E-state index contributed by atoms with van der Waals surface area (Å²) in [6.07, 6.45) is 3.67. The Morgan fingerprint density at radius 3 is 2.44 bits per heavy atom. The molecule has 0 aliphatic carbocycles. The molecule has 0 saturated carbocycles. The maximum Gasteiger partial charge on any atom is 0.271 e. The Morgan fingerprint density at radius 2 is 1.81 bits per heavy atom. The molecule has 1 aliphatic heterocycles. The minimum absolute atomic E-state index is 0.240. The fourth-order valence-corrected chi connectivity index (χ4v) is 3.25. The Kier molecular flexibility index (Phi) is 6.98. The van der Waals surface area contributed by atoms with Crippen molar-refractivity contribution in [2.45, 2.75) is 19.4 Å². The van der Waals surface area contributed by atoms with E-state index in [0.717, 1.165) is 38.0 Å². The number of aliphatic hydroxyl groups is 1. The highest BCUT2D eigenvalue weighted by Crippen LogP contribution is 2.18. The van der Waals surface area contributed by atoms with Crippen LogP contribution in [0.4, 0.5) is 0 Å². The number of nitrogens with zero attached hydrogens (tertiary/aromatic N) is 2. The molecule has 2 aromatic carbocycles. The third kappa shape index (κ3) is 5.89. The molecular formula is C21H24ClN3O2. The fraction of sp³-hybridized carbons (Fsp3) is 0.333. The van der Waals surface area contributed by atoms with Crippen molar-refractivity contribution in [2.75, 3.05) is 19.7 Å². The lowest BCUT2D eigenvalue weighted by molar-refractivity contribution is 0.0955. The van der Waals surface area contributed by atoms with Crippen molar-refractivity contribution in [3.05, 3.63) is 70.2 Å². The van der Waals surface area contributed by atoms with Crippen molar-refractivity contribution in [1.82, 2.24) is 10.3 Å². The predicted molar refractivity (Wildman–Crippen MR) is 108 cm³/mol. The van der Waals surface area contributed by atoms with Crippen LogP contribution in [-0.2, 0) is 6.54 Å². The Balaban J connectivity index is 1.49. The van der Waals surface area contributed by atoms with Crippen molar-refractivity contribution >= 4 is 23.7 Å². The highest BCUT2D eigenvalue weighted by molar-refractivity contribution is 6.30. The zero-order chi connectivity index (χ0) is 19.1. The van der Waals surface area contributed by atoms with Gasteiger partial charge < -0.3 is 5.11 Å². The van der Waals surface area contributed by atoms with Gasteiger partial charge in [0.1, 0.15) is 0 Å². The van der Waals surface area contributed by atoms with Crippen molar-refractivity contribution in [3.8, 4) is 0 Å². The van der Waals surface area contributed by atoms with Crippen LogP contribution in [0.3, 0.4) is 0 Å². The van der Waals surface area contributed by atoms with Gasteiger partial charge in [-0.25, -0.2) is 5.43 Å². The zero-order valence-electron chi connectivity index (χ0n) is 15.1. The number of rotatable bonds is 6. The maximum absolute atomic E-state index is 12.2. The molecule has 1 saturated heterocycles. The molecule has 0 atom stereocenters. The van der Waals surface area contributed by atoms with Gasteiger partial charge in [0.2, 0.25) is 0 Å². The number of hydrogen-bond acceptors (Lipinski definition) is 4. The number of hydrazone groups is 1. The van der Waals surface area contributed by atoms with Gasteiger partial charge in [-0.15, -0.1) is 0 Å². The topological polar surface area (TPSA) is 64.9 Å². The van der Waals surface area contributed by atoms with E-state index in [1.807, 2.05) is 36.4 Å². The zero-order valence-corrected chi connectivity index (χ0v) is 15.9. The average molecular weight is 386 g/mol. The molecular weight excluding hydrogens is 362 g/mol. The Bertz CT molecular complexity index is 767. The van der Waals surface area contributed by atoms with Crippen LogP contribution in [0.2, 0.25) is 5.02 Å². The van der Waals surface area contributed by atoms with Gasteiger partial charge in [0.25, 0.3) is 5.91 Å². The van der Waals surface area contributed by atoms with Crippen LogP contribution < -0.4 is 5.43 Å². The summed E-state index contributed by atoms with van der Waals surface area (Å²) in [4.78, 5) is 14.6. The summed E-state index contributed by atoms with van der Waals surface area (Å²) in [5, 5.41) is 13.9. The van der Waals surface area contributed by atoms with Gasteiger partial charge in [-0.1, -0.05) is 35.9 Å². The lowest BCUT2D eigenvalue weighted by Gasteiger charge is -2.31. The Labute approximate surface area is 164 Å². The van der Waals surface area contributed by atoms with E-state index in [-0.39, 0.29) is 12.5 Å². The number of halogens is 1. The Morgan fingerprint density at radius 1 is 1.15 bits per heavy atom. The Hall–Kier alpha value is -2.21. The molecule has 2 aromatic rings. The molecule has 0 radical (unpaired) electrons. The van der Waals surface area contributed by atoms with Crippen LogP contribution in [-0.4, -0.2) is 41.8 Å². The first-order valence-electron chi connectivity index (χ1n) is 9.15. The molecule has 0 aromatic heterocycles. The molecule has 2 N–H and O–H groups in total. The quantitative estimate of drug-likeness (QED) is 0.592. The first kappa shape index (κ1) is 19.5. The first-order valence-corrected chi connectivity index (χ1v) is 9.53. The first-order chi connectivity index (χ1) is 13.1. The number of piperidine rings is 1. The normalized spacial score (nSPS) is 15.9. The van der Waals surface area contributed by atoms with Gasteiger partial charge in [0.15, 0.2) is 0 Å². The largest absolute Gasteiger partial charge is 0.396 e. The second kappa shape index (κ2) is 9.65. The lowest BCUT2D eigenvalue weighted by atomic mass is 9.97. The molecule has 0 unspecified atom stereocenters. The van der Waals surface area contributed by atoms with E-state index in [1.54, 1.807) is 18.3 Å². The minimum atomic E-state index is -0.240. The second-order valence-electron chi connectivity index (χ2n) is 6.85. The highest BCUT2D eigenvalue weighted by Gasteiger charge is 2.18. The van der Waals surface area contributed by atoms with Crippen LogP contribution >= 0.6 is 11.6 Å².